The topological polar surface area (TPSA) is 55.3 Å². The zero-order valence-electron chi connectivity index (χ0n) is 15.3. The van der Waals surface area contributed by atoms with E-state index in [2.05, 4.69) is 33.8 Å². The molecular weight excluding hydrogens is 430 g/mol. The molecule has 0 aliphatic carbocycles. The molecule has 0 saturated carbocycles. The second-order valence-corrected chi connectivity index (χ2v) is 10.6. The lowest BCUT2D eigenvalue weighted by Gasteiger charge is -2.26. The summed E-state index contributed by atoms with van der Waals surface area (Å²) in [5.74, 6) is 2.28. The van der Waals surface area contributed by atoms with Crippen molar-refractivity contribution in [3.63, 3.8) is 0 Å². The lowest BCUT2D eigenvalue weighted by Crippen LogP contribution is -2.36. The third-order valence-corrected chi connectivity index (χ3v) is 8.66. The minimum atomic E-state index is 0.171. The van der Waals surface area contributed by atoms with Crippen LogP contribution in [-0.2, 0) is 23.5 Å². The molecule has 0 atom stereocenters. The van der Waals surface area contributed by atoms with Gasteiger partial charge < -0.3 is 9.64 Å². The summed E-state index contributed by atoms with van der Waals surface area (Å²) in [6.45, 7) is 1.54. The lowest BCUT2D eigenvalue weighted by atomic mass is 10.1. The average molecular weight is 450 g/mol. The predicted octanol–water partition coefficient (Wildman–Crippen LogP) is 4.58. The van der Waals surface area contributed by atoms with E-state index in [1.165, 1.54) is 27.8 Å². The molecule has 3 heterocycles. The number of aromatic nitrogens is 2. The number of thiophene rings is 1. The molecule has 0 spiro atoms. The zero-order valence-corrected chi connectivity index (χ0v) is 18.6. The van der Waals surface area contributed by atoms with E-state index in [4.69, 9.17) is 4.74 Å². The molecular formula is C19H19N3O2S4. The van der Waals surface area contributed by atoms with Gasteiger partial charge >= 0.3 is 0 Å². The van der Waals surface area contributed by atoms with Gasteiger partial charge in [-0.3, -0.25) is 4.79 Å². The number of carbonyl (C=O) groups is 1. The van der Waals surface area contributed by atoms with E-state index in [-0.39, 0.29) is 5.91 Å². The fraction of sp³-hybridized carbons (Fsp3) is 0.316. The van der Waals surface area contributed by atoms with Gasteiger partial charge in [0.2, 0.25) is 5.91 Å². The normalized spacial score (nSPS) is 13.4. The van der Waals surface area contributed by atoms with Gasteiger partial charge in [-0.2, -0.15) is 0 Å². The van der Waals surface area contributed by atoms with Crippen molar-refractivity contribution in [3.05, 3.63) is 51.7 Å². The van der Waals surface area contributed by atoms with Crippen molar-refractivity contribution < 1.29 is 9.53 Å². The zero-order chi connectivity index (χ0) is 19.3. The number of thioether (sulfide) groups is 2. The lowest BCUT2D eigenvalue weighted by molar-refractivity contribution is -0.129. The molecule has 2 aromatic heterocycles. The Morgan fingerprint density at radius 3 is 2.75 bits per heavy atom. The van der Waals surface area contributed by atoms with Gasteiger partial charge in [-0.05, 0) is 41.1 Å². The van der Waals surface area contributed by atoms with E-state index >= 15 is 0 Å². The third kappa shape index (κ3) is 4.89. The van der Waals surface area contributed by atoms with Crippen molar-refractivity contribution in [2.75, 3.05) is 19.4 Å². The van der Waals surface area contributed by atoms with Gasteiger partial charge in [0.15, 0.2) is 8.68 Å². The molecule has 0 bridgehead atoms. The van der Waals surface area contributed by atoms with Gasteiger partial charge in [0.25, 0.3) is 0 Å². The molecule has 4 rings (SSSR count). The van der Waals surface area contributed by atoms with Crippen LogP contribution in [0.25, 0.3) is 0 Å². The van der Waals surface area contributed by atoms with Gasteiger partial charge in [0, 0.05) is 23.7 Å². The number of hydrogen-bond acceptors (Lipinski definition) is 8. The van der Waals surface area contributed by atoms with E-state index in [1.54, 1.807) is 41.5 Å². The molecule has 28 heavy (non-hydrogen) atoms. The number of carbonyl (C=O) groups excluding carboxylic acids is 1. The van der Waals surface area contributed by atoms with Crippen LogP contribution >= 0.6 is 46.2 Å². The number of amides is 1. The molecule has 1 aliphatic heterocycles. The van der Waals surface area contributed by atoms with Crippen LogP contribution in [0.4, 0.5) is 0 Å². The quantitative estimate of drug-likeness (QED) is 0.492. The molecule has 1 aromatic carbocycles. The largest absolute Gasteiger partial charge is 0.497 e. The summed E-state index contributed by atoms with van der Waals surface area (Å²) < 4.78 is 6.95. The van der Waals surface area contributed by atoms with Crippen molar-refractivity contribution in [3.8, 4) is 5.75 Å². The SMILES string of the molecule is COc1ccc(CSc2nnc(SCC(=O)N3CCc4sccc4C3)s2)cc1. The molecule has 5 nitrogen and oxygen atoms in total. The molecule has 0 radical (unpaired) electrons. The maximum atomic E-state index is 12.5. The van der Waals surface area contributed by atoms with E-state index in [1.807, 2.05) is 17.0 Å². The van der Waals surface area contributed by atoms with Crippen LogP contribution in [0.2, 0.25) is 0 Å². The maximum Gasteiger partial charge on any atom is 0.233 e. The molecule has 146 valence electrons. The second kappa shape index (κ2) is 9.30. The smallest absolute Gasteiger partial charge is 0.233 e. The van der Waals surface area contributed by atoms with Gasteiger partial charge in [-0.25, -0.2) is 0 Å². The molecule has 9 heteroatoms. The van der Waals surface area contributed by atoms with E-state index in [0.29, 0.717) is 5.75 Å². The second-order valence-electron chi connectivity index (χ2n) is 6.19. The van der Waals surface area contributed by atoms with Crippen molar-refractivity contribution in [2.45, 2.75) is 27.4 Å². The number of fused-ring (bicyclic) bond motifs is 1. The molecule has 0 N–H and O–H groups in total. The third-order valence-electron chi connectivity index (χ3n) is 4.39. The Balaban J connectivity index is 1.25. The summed E-state index contributed by atoms with van der Waals surface area (Å²) in [5, 5.41) is 10.6. The Morgan fingerprint density at radius 1 is 1.18 bits per heavy atom. The number of benzene rings is 1. The highest BCUT2D eigenvalue weighted by atomic mass is 32.2. The first-order chi connectivity index (χ1) is 13.7. The van der Waals surface area contributed by atoms with Gasteiger partial charge in [-0.1, -0.05) is 47.0 Å². The summed E-state index contributed by atoms with van der Waals surface area (Å²) in [5.41, 5.74) is 2.51. The van der Waals surface area contributed by atoms with Gasteiger partial charge in [0.1, 0.15) is 5.75 Å². The summed E-state index contributed by atoms with van der Waals surface area (Å²) in [6.07, 6.45) is 0.967. The Morgan fingerprint density at radius 2 is 1.96 bits per heavy atom. The van der Waals surface area contributed by atoms with Crippen molar-refractivity contribution in [2.24, 2.45) is 0 Å². The standard InChI is InChI=1S/C19H19N3O2S4/c1-24-15-4-2-13(3-5-15)11-26-18-20-21-19(28-18)27-12-17(23)22-8-6-16-14(10-22)7-9-25-16/h2-5,7,9H,6,8,10-12H2,1H3. The molecule has 1 aliphatic rings. The van der Waals surface area contributed by atoms with Crippen molar-refractivity contribution in [1.29, 1.82) is 0 Å². The number of nitrogens with zero attached hydrogens (tertiary/aromatic N) is 3. The Labute approximate surface area is 180 Å². The van der Waals surface area contributed by atoms with E-state index < -0.39 is 0 Å². The number of hydrogen-bond donors (Lipinski definition) is 0. The number of ether oxygens (including phenoxy) is 1. The first kappa shape index (κ1) is 19.8. The summed E-state index contributed by atoms with van der Waals surface area (Å²) in [4.78, 5) is 15.9. The van der Waals surface area contributed by atoms with Crippen LogP contribution in [0.3, 0.4) is 0 Å². The first-order valence-corrected chi connectivity index (χ1v) is 12.4. The minimum absolute atomic E-state index is 0.171. The molecule has 3 aromatic rings. The summed E-state index contributed by atoms with van der Waals surface area (Å²) in [6, 6.07) is 10.2. The predicted molar refractivity (Wildman–Crippen MR) is 117 cm³/mol. The molecule has 0 fully saturated rings. The van der Waals surface area contributed by atoms with Crippen molar-refractivity contribution in [1.82, 2.24) is 15.1 Å². The average Bonchev–Trinajstić information content (AvgIpc) is 3.39. The van der Waals surface area contributed by atoms with E-state index in [0.717, 1.165) is 39.7 Å². The highest BCUT2D eigenvalue weighted by Crippen LogP contribution is 2.31. The van der Waals surface area contributed by atoms with Crippen molar-refractivity contribution >= 4 is 52.1 Å². The van der Waals surface area contributed by atoms with Crippen LogP contribution in [0.5, 0.6) is 5.75 Å². The van der Waals surface area contributed by atoms with Crippen LogP contribution in [0.1, 0.15) is 16.0 Å². The van der Waals surface area contributed by atoms with Crippen LogP contribution in [-0.4, -0.2) is 40.4 Å². The van der Waals surface area contributed by atoms with Gasteiger partial charge in [-0.15, -0.1) is 21.5 Å². The minimum Gasteiger partial charge on any atom is -0.497 e. The number of methoxy groups -OCH3 is 1. The maximum absolute atomic E-state index is 12.5. The molecule has 1 amide bonds. The summed E-state index contributed by atoms with van der Waals surface area (Å²) in [7, 11) is 1.67. The Bertz CT molecular complexity index is 939. The highest BCUT2D eigenvalue weighted by molar-refractivity contribution is 8.03. The Hall–Kier alpha value is -1.55. The number of rotatable bonds is 7. The fourth-order valence-corrected chi connectivity index (χ4v) is 6.63. The first-order valence-electron chi connectivity index (χ1n) is 8.76. The Kier molecular flexibility index (Phi) is 6.56. The molecule has 0 saturated heterocycles. The van der Waals surface area contributed by atoms with Crippen LogP contribution in [0.15, 0.2) is 44.4 Å². The van der Waals surface area contributed by atoms with Crippen LogP contribution < -0.4 is 4.74 Å². The highest BCUT2D eigenvalue weighted by Gasteiger charge is 2.21. The molecule has 0 unspecified atom stereocenters. The van der Waals surface area contributed by atoms with Crippen LogP contribution in [0, 0.1) is 0 Å². The summed E-state index contributed by atoms with van der Waals surface area (Å²) >= 11 is 6.48. The monoisotopic (exact) mass is 449 g/mol. The fourth-order valence-electron chi connectivity index (χ4n) is 2.86. The van der Waals surface area contributed by atoms with Gasteiger partial charge in [0.05, 0.1) is 12.9 Å². The van der Waals surface area contributed by atoms with E-state index in [9.17, 15) is 4.79 Å².